The number of carbonyl (C=O) groups excluding carboxylic acids is 1. The molecule has 0 radical (unpaired) electrons. The van der Waals surface area contributed by atoms with Crippen molar-refractivity contribution in [1.29, 1.82) is 0 Å². The molecule has 0 amide bonds. The Kier molecular flexibility index (Phi) is 5.15. The highest BCUT2D eigenvalue weighted by molar-refractivity contribution is 5.96. The number of para-hydroxylation sites is 1. The van der Waals surface area contributed by atoms with Crippen molar-refractivity contribution in [2.24, 2.45) is 11.7 Å². The molecule has 2 N–H and O–H groups in total. The number of hydrogen-bond donors (Lipinski definition) is 1. The molecule has 1 unspecified atom stereocenters. The van der Waals surface area contributed by atoms with E-state index in [4.69, 9.17) is 10.5 Å². The molecule has 4 heteroatoms. The van der Waals surface area contributed by atoms with Crippen molar-refractivity contribution >= 4 is 5.78 Å². The molecule has 0 spiro atoms. The number of carbonyl (C=O) groups is 1. The highest BCUT2D eigenvalue weighted by Crippen LogP contribution is 2.34. The first-order valence-electron chi connectivity index (χ1n) is 7.26. The van der Waals surface area contributed by atoms with Gasteiger partial charge in [0.2, 0.25) is 0 Å². The van der Waals surface area contributed by atoms with Crippen LogP contribution in [0.15, 0.2) is 24.3 Å². The molecule has 0 saturated heterocycles. The number of ketones is 1. The van der Waals surface area contributed by atoms with E-state index in [2.05, 4.69) is 11.9 Å². The number of benzene rings is 1. The number of nitrogens with two attached hydrogens (primary N) is 1. The second kappa shape index (κ2) is 6.86. The van der Waals surface area contributed by atoms with E-state index in [9.17, 15) is 4.79 Å². The maximum atomic E-state index is 11.5. The summed E-state index contributed by atoms with van der Waals surface area (Å²) < 4.78 is 5.76. The van der Waals surface area contributed by atoms with Crippen LogP contribution in [0.25, 0.3) is 0 Å². The van der Waals surface area contributed by atoms with Crippen LogP contribution in [-0.2, 0) is 0 Å². The van der Waals surface area contributed by atoms with Crippen molar-refractivity contribution < 1.29 is 9.53 Å². The molecule has 1 aliphatic carbocycles. The smallest absolute Gasteiger partial charge is 0.163 e. The Labute approximate surface area is 120 Å². The van der Waals surface area contributed by atoms with E-state index in [1.54, 1.807) is 13.0 Å². The zero-order valence-corrected chi connectivity index (χ0v) is 12.3. The average molecular weight is 276 g/mol. The van der Waals surface area contributed by atoms with Crippen LogP contribution in [-0.4, -0.2) is 43.5 Å². The van der Waals surface area contributed by atoms with Crippen LogP contribution in [0.2, 0.25) is 0 Å². The Morgan fingerprint density at radius 1 is 1.45 bits per heavy atom. The molecule has 0 aliphatic heterocycles. The molecule has 1 aromatic rings. The summed E-state index contributed by atoms with van der Waals surface area (Å²) in [4.78, 5) is 13.8. The lowest BCUT2D eigenvalue weighted by atomic mass is 10.1. The number of hydrogen-bond acceptors (Lipinski definition) is 4. The van der Waals surface area contributed by atoms with Crippen LogP contribution in [0.4, 0.5) is 0 Å². The van der Waals surface area contributed by atoms with E-state index < -0.39 is 0 Å². The molecule has 1 aromatic carbocycles. The maximum absolute atomic E-state index is 11.5. The van der Waals surface area contributed by atoms with E-state index in [-0.39, 0.29) is 5.78 Å². The first-order chi connectivity index (χ1) is 9.63. The quantitative estimate of drug-likeness (QED) is 0.737. The predicted molar refractivity (Wildman–Crippen MR) is 80.1 cm³/mol. The summed E-state index contributed by atoms with van der Waals surface area (Å²) in [5.41, 5.74) is 6.48. The first-order valence-corrected chi connectivity index (χ1v) is 7.26. The van der Waals surface area contributed by atoms with Gasteiger partial charge in [0, 0.05) is 19.1 Å². The minimum absolute atomic E-state index is 0.0340. The van der Waals surface area contributed by atoms with Gasteiger partial charge in [-0.15, -0.1) is 0 Å². The summed E-state index contributed by atoms with van der Waals surface area (Å²) >= 11 is 0. The molecule has 20 heavy (non-hydrogen) atoms. The Balaban J connectivity index is 1.85. The Morgan fingerprint density at radius 2 is 2.15 bits per heavy atom. The van der Waals surface area contributed by atoms with Crippen LogP contribution in [0.3, 0.4) is 0 Å². The van der Waals surface area contributed by atoms with Crippen molar-refractivity contribution in [3.05, 3.63) is 29.8 Å². The van der Waals surface area contributed by atoms with Gasteiger partial charge in [-0.3, -0.25) is 9.69 Å². The molecule has 1 saturated carbocycles. The second-order valence-corrected chi connectivity index (χ2v) is 5.52. The van der Waals surface area contributed by atoms with Gasteiger partial charge in [-0.25, -0.2) is 0 Å². The van der Waals surface area contributed by atoms with Crippen molar-refractivity contribution in [3.8, 4) is 5.75 Å². The largest absolute Gasteiger partial charge is 0.491 e. The fourth-order valence-corrected chi connectivity index (χ4v) is 2.56. The molecular weight excluding hydrogens is 252 g/mol. The van der Waals surface area contributed by atoms with Crippen molar-refractivity contribution in [3.63, 3.8) is 0 Å². The number of nitrogens with zero attached hydrogens (tertiary/aromatic N) is 1. The van der Waals surface area contributed by atoms with Gasteiger partial charge >= 0.3 is 0 Å². The van der Waals surface area contributed by atoms with Crippen LogP contribution < -0.4 is 10.5 Å². The molecule has 1 aliphatic rings. The van der Waals surface area contributed by atoms with Crippen molar-refractivity contribution in [1.82, 2.24) is 4.90 Å². The van der Waals surface area contributed by atoms with Crippen LogP contribution in [0, 0.1) is 5.92 Å². The van der Waals surface area contributed by atoms with Crippen LogP contribution >= 0.6 is 0 Å². The predicted octanol–water partition coefficient (Wildman–Crippen LogP) is 1.94. The fourth-order valence-electron chi connectivity index (χ4n) is 2.56. The molecule has 4 nitrogen and oxygen atoms in total. The third kappa shape index (κ3) is 3.81. The normalized spacial score (nSPS) is 16.2. The highest BCUT2D eigenvalue weighted by atomic mass is 16.5. The summed E-state index contributed by atoms with van der Waals surface area (Å²) in [5.74, 6) is 1.46. The van der Waals surface area contributed by atoms with E-state index in [1.165, 1.54) is 12.8 Å². The van der Waals surface area contributed by atoms with E-state index in [1.807, 2.05) is 18.2 Å². The zero-order chi connectivity index (χ0) is 14.5. The van der Waals surface area contributed by atoms with Gasteiger partial charge in [-0.05, 0) is 44.9 Å². The summed E-state index contributed by atoms with van der Waals surface area (Å²) in [5, 5.41) is 0. The van der Waals surface area contributed by atoms with Crippen molar-refractivity contribution in [2.45, 2.75) is 25.8 Å². The van der Waals surface area contributed by atoms with Gasteiger partial charge in [0.05, 0.1) is 5.56 Å². The SMILES string of the molecule is CC(=O)c1ccccc1OCCN(C)C(CN)C1CC1. The molecule has 0 heterocycles. The Morgan fingerprint density at radius 3 is 2.75 bits per heavy atom. The maximum Gasteiger partial charge on any atom is 0.163 e. The third-order valence-corrected chi connectivity index (χ3v) is 3.94. The second-order valence-electron chi connectivity index (χ2n) is 5.52. The monoisotopic (exact) mass is 276 g/mol. The van der Waals surface area contributed by atoms with E-state index >= 15 is 0 Å². The van der Waals surface area contributed by atoms with Gasteiger partial charge < -0.3 is 10.5 Å². The fraction of sp³-hybridized carbons (Fsp3) is 0.562. The summed E-state index contributed by atoms with van der Waals surface area (Å²) in [7, 11) is 2.09. The van der Waals surface area contributed by atoms with E-state index in [0.29, 0.717) is 30.5 Å². The molecule has 2 rings (SSSR count). The molecule has 0 bridgehead atoms. The minimum Gasteiger partial charge on any atom is -0.491 e. The van der Waals surface area contributed by atoms with Gasteiger partial charge in [0.1, 0.15) is 12.4 Å². The standard InChI is InChI=1S/C16H24N2O2/c1-12(19)14-5-3-4-6-16(14)20-10-9-18(2)15(11-17)13-7-8-13/h3-6,13,15H,7-11,17H2,1-2H3. The molecular formula is C16H24N2O2. The Hall–Kier alpha value is -1.39. The number of rotatable bonds is 8. The van der Waals surface area contributed by atoms with Gasteiger partial charge in [-0.2, -0.15) is 0 Å². The van der Waals surface area contributed by atoms with Crippen molar-refractivity contribution in [2.75, 3.05) is 26.7 Å². The minimum atomic E-state index is 0.0340. The van der Waals surface area contributed by atoms with Crippen LogP contribution in [0.5, 0.6) is 5.75 Å². The van der Waals surface area contributed by atoms with Gasteiger partial charge in [-0.1, -0.05) is 12.1 Å². The third-order valence-electron chi connectivity index (χ3n) is 3.94. The number of ether oxygens (including phenoxy) is 1. The first kappa shape index (κ1) is 15.0. The van der Waals surface area contributed by atoms with Crippen LogP contribution in [0.1, 0.15) is 30.1 Å². The lowest BCUT2D eigenvalue weighted by molar-refractivity contribution is 0.101. The Bertz CT molecular complexity index is 458. The highest BCUT2D eigenvalue weighted by Gasteiger charge is 2.32. The number of Topliss-reactive ketones (excluding diaryl/α,β-unsaturated/α-hetero) is 1. The number of likely N-dealkylation sites (N-methyl/N-ethyl adjacent to an activating group) is 1. The summed E-state index contributed by atoms with van der Waals surface area (Å²) in [6.07, 6.45) is 2.58. The van der Waals surface area contributed by atoms with E-state index in [0.717, 1.165) is 12.5 Å². The lowest BCUT2D eigenvalue weighted by Crippen LogP contribution is -2.41. The molecule has 1 fully saturated rings. The molecule has 1 atom stereocenters. The molecule has 110 valence electrons. The topological polar surface area (TPSA) is 55.6 Å². The van der Waals surface area contributed by atoms with Gasteiger partial charge in [0.15, 0.2) is 5.78 Å². The summed E-state index contributed by atoms with van der Waals surface area (Å²) in [6, 6.07) is 7.85. The molecule has 0 aromatic heterocycles. The summed E-state index contributed by atoms with van der Waals surface area (Å²) in [6.45, 7) is 3.66. The lowest BCUT2D eigenvalue weighted by Gasteiger charge is -2.26. The zero-order valence-electron chi connectivity index (χ0n) is 12.3. The van der Waals surface area contributed by atoms with Gasteiger partial charge in [0.25, 0.3) is 0 Å². The average Bonchev–Trinajstić information content (AvgIpc) is 3.24.